The molecule has 0 aliphatic carbocycles. The fraction of sp³-hybridized carbons (Fsp3) is 0.412. The van der Waals surface area contributed by atoms with Gasteiger partial charge in [-0.2, -0.15) is 0 Å². The van der Waals surface area contributed by atoms with Gasteiger partial charge >= 0.3 is 0 Å². The second kappa shape index (κ2) is 10.8. The van der Waals surface area contributed by atoms with E-state index in [1.54, 1.807) is 6.07 Å². The van der Waals surface area contributed by atoms with Crippen molar-refractivity contribution in [1.29, 1.82) is 0 Å². The number of benzene rings is 1. The first-order valence-electron chi connectivity index (χ1n) is 8.40. The van der Waals surface area contributed by atoms with Crippen molar-refractivity contribution in [2.24, 2.45) is 0 Å². The van der Waals surface area contributed by atoms with Crippen molar-refractivity contribution in [3.63, 3.8) is 0 Å². The van der Waals surface area contributed by atoms with Crippen molar-refractivity contribution in [2.45, 2.75) is 37.4 Å². The van der Waals surface area contributed by atoms with Crippen LogP contribution in [0.3, 0.4) is 0 Å². The number of nitrogens with one attached hydrogen (secondary N) is 2. The van der Waals surface area contributed by atoms with Crippen LogP contribution in [-0.2, 0) is 9.59 Å². The summed E-state index contributed by atoms with van der Waals surface area (Å²) in [5.74, 6) is 0.607. The molecule has 7 nitrogen and oxygen atoms in total. The third-order valence-corrected chi connectivity index (χ3v) is 5.17. The van der Waals surface area contributed by atoms with Gasteiger partial charge in [0.05, 0.1) is 18.0 Å². The van der Waals surface area contributed by atoms with E-state index >= 15 is 0 Å². The van der Waals surface area contributed by atoms with Crippen LogP contribution in [0.4, 0.5) is 10.8 Å². The number of para-hydroxylation sites is 2. The zero-order valence-electron chi connectivity index (χ0n) is 14.8. The Labute approximate surface area is 160 Å². The second-order valence-electron chi connectivity index (χ2n) is 5.29. The Bertz CT molecular complexity index is 736. The summed E-state index contributed by atoms with van der Waals surface area (Å²) in [5, 5.41) is 13.9. The molecule has 0 bridgehead atoms. The molecular formula is C17H22N4O3S2. The lowest BCUT2D eigenvalue weighted by Gasteiger charge is -2.10. The Hall–Kier alpha value is -2.13. The molecule has 2 rings (SSSR count). The van der Waals surface area contributed by atoms with Crippen molar-refractivity contribution in [3.05, 3.63) is 24.3 Å². The molecule has 0 radical (unpaired) electrons. The van der Waals surface area contributed by atoms with Crippen LogP contribution in [0.5, 0.6) is 5.75 Å². The van der Waals surface area contributed by atoms with Crippen molar-refractivity contribution in [3.8, 4) is 5.75 Å². The maximum Gasteiger partial charge on any atom is 0.234 e. The van der Waals surface area contributed by atoms with Crippen LogP contribution in [0.25, 0.3) is 0 Å². The third-order valence-electron chi connectivity index (χ3n) is 3.20. The molecule has 0 fully saturated rings. The molecule has 0 aliphatic rings. The van der Waals surface area contributed by atoms with Crippen molar-refractivity contribution in [2.75, 3.05) is 23.0 Å². The number of hydrogen-bond donors (Lipinski definition) is 2. The normalized spacial score (nSPS) is 10.4. The highest BCUT2D eigenvalue weighted by Crippen LogP contribution is 2.27. The molecular weight excluding hydrogens is 372 g/mol. The zero-order valence-corrected chi connectivity index (χ0v) is 16.4. The van der Waals surface area contributed by atoms with Gasteiger partial charge in [-0.05, 0) is 25.5 Å². The lowest BCUT2D eigenvalue weighted by Crippen LogP contribution is -2.14. The van der Waals surface area contributed by atoms with Crippen molar-refractivity contribution < 1.29 is 14.3 Å². The van der Waals surface area contributed by atoms with E-state index in [4.69, 9.17) is 4.74 Å². The van der Waals surface area contributed by atoms with Gasteiger partial charge in [-0.3, -0.25) is 9.59 Å². The van der Waals surface area contributed by atoms with Gasteiger partial charge in [0.25, 0.3) is 0 Å². The van der Waals surface area contributed by atoms with E-state index in [0.29, 0.717) is 33.9 Å². The third kappa shape index (κ3) is 6.64. The molecule has 2 amide bonds. The highest BCUT2D eigenvalue weighted by molar-refractivity contribution is 8.01. The zero-order chi connectivity index (χ0) is 18.8. The minimum Gasteiger partial charge on any atom is -0.492 e. The predicted octanol–water partition coefficient (Wildman–Crippen LogP) is 3.80. The summed E-state index contributed by atoms with van der Waals surface area (Å²) in [6.07, 6.45) is 2.28. The summed E-state index contributed by atoms with van der Waals surface area (Å²) < 4.78 is 6.12. The Morgan fingerprint density at radius 1 is 1.15 bits per heavy atom. The lowest BCUT2D eigenvalue weighted by molar-refractivity contribution is -0.116. The van der Waals surface area contributed by atoms with E-state index in [2.05, 4.69) is 20.8 Å². The summed E-state index contributed by atoms with van der Waals surface area (Å²) in [5.41, 5.74) is 0.640. The van der Waals surface area contributed by atoms with Gasteiger partial charge in [-0.1, -0.05) is 48.6 Å². The van der Waals surface area contributed by atoms with E-state index in [9.17, 15) is 9.59 Å². The molecule has 1 heterocycles. The average molecular weight is 395 g/mol. The first-order chi connectivity index (χ1) is 12.6. The predicted molar refractivity (Wildman–Crippen MR) is 105 cm³/mol. The molecule has 0 saturated carbocycles. The number of nitrogens with zero attached hydrogens (tertiary/aromatic N) is 2. The van der Waals surface area contributed by atoms with E-state index in [1.165, 1.54) is 23.1 Å². The molecule has 1 aromatic heterocycles. The van der Waals surface area contributed by atoms with Crippen LogP contribution >= 0.6 is 23.1 Å². The molecule has 0 unspecified atom stereocenters. The molecule has 0 aliphatic heterocycles. The summed E-state index contributed by atoms with van der Waals surface area (Å²) in [7, 11) is 0. The SMILES string of the molecule is CCCCC(=O)Nc1nnc(SCC(=O)Nc2ccccc2OCC)s1. The Morgan fingerprint density at radius 2 is 1.96 bits per heavy atom. The molecule has 140 valence electrons. The van der Waals surface area contributed by atoms with E-state index in [1.807, 2.05) is 32.0 Å². The number of carbonyl (C=O) groups is 2. The fourth-order valence-electron chi connectivity index (χ4n) is 2.00. The van der Waals surface area contributed by atoms with Crippen LogP contribution in [0.1, 0.15) is 33.1 Å². The monoisotopic (exact) mass is 394 g/mol. The molecule has 2 aromatic rings. The van der Waals surface area contributed by atoms with E-state index < -0.39 is 0 Å². The van der Waals surface area contributed by atoms with Gasteiger partial charge in [0.15, 0.2) is 4.34 Å². The summed E-state index contributed by atoms with van der Waals surface area (Å²) in [6.45, 7) is 4.45. The standard InChI is InChI=1S/C17H22N4O3S2/c1-3-5-10-14(22)19-16-20-21-17(26-16)25-11-15(23)18-12-8-6-7-9-13(12)24-4-2/h6-9H,3-5,10-11H2,1-2H3,(H,18,23)(H,19,20,22). The number of rotatable bonds is 10. The first kappa shape index (κ1) is 20.2. The summed E-state index contributed by atoms with van der Waals surface area (Å²) in [6, 6.07) is 7.30. The summed E-state index contributed by atoms with van der Waals surface area (Å²) in [4.78, 5) is 23.8. The van der Waals surface area contributed by atoms with Crippen molar-refractivity contribution in [1.82, 2.24) is 10.2 Å². The highest BCUT2D eigenvalue weighted by atomic mass is 32.2. The maximum atomic E-state index is 12.1. The molecule has 9 heteroatoms. The van der Waals surface area contributed by atoms with Crippen LogP contribution in [0.2, 0.25) is 0 Å². The Morgan fingerprint density at radius 3 is 2.73 bits per heavy atom. The molecule has 0 spiro atoms. The van der Waals surface area contributed by atoms with Gasteiger partial charge in [-0.25, -0.2) is 0 Å². The summed E-state index contributed by atoms with van der Waals surface area (Å²) >= 11 is 2.53. The number of amides is 2. The number of ether oxygens (including phenoxy) is 1. The minimum absolute atomic E-state index is 0.0650. The lowest BCUT2D eigenvalue weighted by atomic mass is 10.2. The Kier molecular flexibility index (Phi) is 8.36. The molecule has 26 heavy (non-hydrogen) atoms. The molecule has 2 N–H and O–H groups in total. The largest absolute Gasteiger partial charge is 0.492 e. The van der Waals surface area contributed by atoms with Gasteiger partial charge in [0.2, 0.25) is 16.9 Å². The first-order valence-corrected chi connectivity index (χ1v) is 10.2. The van der Waals surface area contributed by atoms with Gasteiger partial charge in [0.1, 0.15) is 5.75 Å². The van der Waals surface area contributed by atoms with Gasteiger partial charge < -0.3 is 15.4 Å². The second-order valence-corrected chi connectivity index (χ2v) is 7.49. The maximum absolute atomic E-state index is 12.1. The van der Waals surface area contributed by atoms with Gasteiger partial charge in [-0.15, -0.1) is 10.2 Å². The number of carbonyl (C=O) groups excluding carboxylic acids is 2. The Balaban J connectivity index is 1.82. The number of aromatic nitrogens is 2. The molecule has 0 atom stereocenters. The van der Waals surface area contributed by atoms with Crippen LogP contribution in [-0.4, -0.2) is 34.4 Å². The van der Waals surface area contributed by atoms with E-state index in [0.717, 1.165) is 12.8 Å². The molecule has 1 aromatic carbocycles. The fourth-order valence-corrected chi connectivity index (χ4v) is 3.57. The highest BCUT2D eigenvalue weighted by Gasteiger charge is 2.12. The van der Waals surface area contributed by atoms with Crippen LogP contribution < -0.4 is 15.4 Å². The van der Waals surface area contributed by atoms with E-state index in [-0.39, 0.29) is 17.6 Å². The smallest absolute Gasteiger partial charge is 0.234 e. The topological polar surface area (TPSA) is 93.2 Å². The number of thioether (sulfide) groups is 1. The average Bonchev–Trinajstić information content (AvgIpc) is 3.07. The molecule has 0 saturated heterocycles. The van der Waals surface area contributed by atoms with Crippen molar-refractivity contribution >= 4 is 45.7 Å². The number of hydrogen-bond acceptors (Lipinski definition) is 7. The van der Waals surface area contributed by atoms with Crippen LogP contribution in [0.15, 0.2) is 28.6 Å². The van der Waals surface area contributed by atoms with Crippen LogP contribution in [0, 0.1) is 0 Å². The number of anilines is 2. The quantitative estimate of drug-likeness (QED) is 0.470. The van der Waals surface area contributed by atoms with Gasteiger partial charge in [0, 0.05) is 6.42 Å². The number of unbranched alkanes of at least 4 members (excludes halogenated alkanes) is 1. The minimum atomic E-state index is -0.161.